The molecule has 1 saturated heterocycles. The van der Waals surface area contributed by atoms with Crippen molar-refractivity contribution in [1.82, 2.24) is 4.90 Å². The van der Waals surface area contributed by atoms with E-state index in [1.165, 1.54) is 36.2 Å². The van der Waals surface area contributed by atoms with Crippen molar-refractivity contribution in [2.24, 2.45) is 5.92 Å². The third kappa shape index (κ3) is 3.70. The van der Waals surface area contributed by atoms with E-state index >= 15 is 0 Å². The lowest BCUT2D eigenvalue weighted by atomic mass is 10.1. The number of piperazine rings is 1. The number of rotatable bonds is 3. The lowest BCUT2D eigenvalue weighted by Crippen LogP contribution is -2.44. The molecule has 1 heterocycles. The zero-order valence-electron chi connectivity index (χ0n) is 13.7. The minimum absolute atomic E-state index is 0.669. The SMILES string of the molecule is Cc1cc(NC2CCC(C)C2)cc(N2CCN(C)CC2)c1. The predicted molar refractivity (Wildman–Crippen MR) is 91.3 cm³/mol. The maximum atomic E-state index is 3.76. The molecule has 2 fully saturated rings. The van der Waals surface area contributed by atoms with Crippen LogP contribution >= 0.6 is 0 Å². The summed E-state index contributed by atoms with van der Waals surface area (Å²) in [4.78, 5) is 4.93. The monoisotopic (exact) mass is 287 g/mol. The van der Waals surface area contributed by atoms with E-state index in [1.54, 1.807) is 0 Å². The fraction of sp³-hybridized carbons (Fsp3) is 0.667. The van der Waals surface area contributed by atoms with Gasteiger partial charge >= 0.3 is 0 Å². The molecule has 2 aliphatic rings. The van der Waals surface area contributed by atoms with Crippen LogP contribution in [0.1, 0.15) is 31.7 Å². The molecule has 2 unspecified atom stereocenters. The van der Waals surface area contributed by atoms with Crippen molar-refractivity contribution in [3.8, 4) is 0 Å². The molecule has 0 radical (unpaired) electrons. The summed E-state index contributed by atoms with van der Waals surface area (Å²) in [5, 5.41) is 3.76. The Kier molecular flexibility index (Phi) is 4.39. The van der Waals surface area contributed by atoms with Gasteiger partial charge in [-0.3, -0.25) is 0 Å². The van der Waals surface area contributed by atoms with Crippen molar-refractivity contribution in [2.75, 3.05) is 43.4 Å². The zero-order valence-corrected chi connectivity index (χ0v) is 13.7. The average molecular weight is 287 g/mol. The molecule has 2 atom stereocenters. The van der Waals surface area contributed by atoms with Gasteiger partial charge in [0, 0.05) is 43.6 Å². The van der Waals surface area contributed by atoms with Crippen molar-refractivity contribution >= 4 is 11.4 Å². The Morgan fingerprint density at radius 1 is 1.05 bits per heavy atom. The molecule has 0 spiro atoms. The Hall–Kier alpha value is -1.22. The van der Waals surface area contributed by atoms with Crippen LogP contribution in [0.4, 0.5) is 11.4 Å². The number of nitrogens with zero attached hydrogens (tertiary/aromatic N) is 2. The maximum absolute atomic E-state index is 3.76. The molecule has 3 rings (SSSR count). The number of anilines is 2. The van der Waals surface area contributed by atoms with Crippen LogP contribution in [0.25, 0.3) is 0 Å². The molecule has 116 valence electrons. The van der Waals surface area contributed by atoms with E-state index in [2.05, 4.69) is 54.2 Å². The summed E-state index contributed by atoms with van der Waals surface area (Å²) in [7, 11) is 2.21. The van der Waals surface area contributed by atoms with E-state index in [4.69, 9.17) is 0 Å². The Labute approximate surface area is 129 Å². The van der Waals surface area contributed by atoms with Gasteiger partial charge < -0.3 is 15.1 Å². The van der Waals surface area contributed by atoms with Gasteiger partial charge in [0.2, 0.25) is 0 Å². The average Bonchev–Trinajstić information content (AvgIpc) is 2.84. The molecule has 21 heavy (non-hydrogen) atoms. The van der Waals surface area contributed by atoms with E-state index in [0.717, 1.165) is 32.1 Å². The lowest BCUT2D eigenvalue weighted by molar-refractivity contribution is 0.313. The first-order chi connectivity index (χ1) is 10.1. The van der Waals surface area contributed by atoms with Crippen molar-refractivity contribution in [3.05, 3.63) is 23.8 Å². The number of benzene rings is 1. The molecule has 1 aliphatic carbocycles. The number of aryl methyl sites for hydroxylation is 1. The van der Waals surface area contributed by atoms with Gasteiger partial charge in [0.25, 0.3) is 0 Å². The molecule has 1 N–H and O–H groups in total. The van der Waals surface area contributed by atoms with Gasteiger partial charge in [0.1, 0.15) is 0 Å². The highest BCUT2D eigenvalue weighted by Crippen LogP contribution is 2.29. The van der Waals surface area contributed by atoms with Crippen molar-refractivity contribution in [3.63, 3.8) is 0 Å². The molecule has 3 nitrogen and oxygen atoms in total. The minimum atomic E-state index is 0.669. The number of nitrogens with one attached hydrogen (secondary N) is 1. The predicted octanol–water partition coefficient (Wildman–Crippen LogP) is 3.35. The second kappa shape index (κ2) is 6.27. The fourth-order valence-electron chi connectivity index (χ4n) is 3.67. The van der Waals surface area contributed by atoms with Crippen LogP contribution in [-0.2, 0) is 0 Å². The van der Waals surface area contributed by atoms with Crippen LogP contribution in [0.3, 0.4) is 0 Å². The van der Waals surface area contributed by atoms with Crippen LogP contribution in [0, 0.1) is 12.8 Å². The van der Waals surface area contributed by atoms with Crippen LogP contribution < -0.4 is 10.2 Å². The van der Waals surface area contributed by atoms with Gasteiger partial charge in [-0.15, -0.1) is 0 Å². The summed E-state index contributed by atoms with van der Waals surface area (Å²) < 4.78 is 0. The standard InChI is InChI=1S/C18H29N3/c1-14-4-5-16(10-14)19-17-11-15(2)12-18(13-17)21-8-6-20(3)7-9-21/h11-14,16,19H,4-10H2,1-3H3. The molecule has 0 aromatic heterocycles. The molecule has 1 saturated carbocycles. The second-order valence-corrected chi connectivity index (χ2v) is 7.11. The van der Waals surface area contributed by atoms with Crippen LogP contribution in [0.5, 0.6) is 0 Å². The number of hydrogen-bond donors (Lipinski definition) is 1. The van der Waals surface area contributed by atoms with Gasteiger partial charge in [0.05, 0.1) is 0 Å². The summed E-state index contributed by atoms with van der Waals surface area (Å²) in [6.45, 7) is 9.18. The van der Waals surface area contributed by atoms with Gasteiger partial charge in [-0.05, 0) is 62.9 Å². The molecule has 0 amide bonds. The Balaban J connectivity index is 1.70. The minimum Gasteiger partial charge on any atom is -0.382 e. The van der Waals surface area contributed by atoms with E-state index in [0.29, 0.717) is 6.04 Å². The number of hydrogen-bond acceptors (Lipinski definition) is 3. The molecular formula is C18H29N3. The Bertz CT molecular complexity index is 477. The first-order valence-corrected chi connectivity index (χ1v) is 8.42. The van der Waals surface area contributed by atoms with Crippen molar-refractivity contribution in [2.45, 2.75) is 39.2 Å². The Morgan fingerprint density at radius 2 is 1.81 bits per heavy atom. The first-order valence-electron chi connectivity index (χ1n) is 8.42. The van der Waals surface area contributed by atoms with E-state index in [9.17, 15) is 0 Å². The fourth-order valence-corrected chi connectivity index (χ4v) is 3.67. The normalized spacial score (nSPS) is 27.1. The third-order valence-electron chi connectivity index (χ3n) is 5.00. The highest BCUT2D eigenvalue weighted by molar-refractivity contribution is 5.61. The summed E-state index contributed by atoms with van der Waals surface area (Å²) in [5.74, 6) is 0.879. The van der Waals surface area contributed by atoms with Crippen LogP contribution in [0.2, 0.25) is 0 Å². The van der Waals surface area contributed by atoms with Gasteiger partial charge in [0.15, 0.2) is 0 Å². The summed E-state index contributed by atoms with van der Waals surface area (Å²) in [6.07, 6.45) is 4.01. The van der Waals surface area contributed by atoms with Gasteiger partial charge in [-0.1, -0.05) is 6.92 Å². The maximum Gasteiger partial charge on any atom is 0.0390 e. The summed E-state index contributed by atoms with van der Waals surface area (Å²) >= 11 is 0. The molecule has 1 aromatic rings. The lowest BCUT2D eigenvalue weighted by Gasteiger charge is -2.34. The Morgan fingerprint density at radius 3 is 2.48 bits per heavy atom. The highest BCUT2D eigenvalue weighted by Gasteiger charge is 2.21. The first kappa shape index (κ1) is 14.7. The topological polar surface area (TPSA) is 18.5 Å². The molecule has 1 aromatic carbocycles. The van der Waals surface area contributed by atoms with Crippen molar-refractivity contribution in [1.29, 1.82) is 0 Å². The van der Waals surface area contributed by atoms with Crippen LogP contribution in [0.15, 0.2) is 18.2 Å². The zero-order chi connectivity index (χ0) is 14.8. The quantitative estimate of drug-likeness (QED) is 0.920. The summed E-state index contributed by atoms with van der Waals surface area (Å²) in [6, 6.07) is 7.64. The second-order valence-electron chi connectivity index (χ2n) is 7.11. The highest BCUT2D eigenvalue weighted by atomic mass is 15.2. The third-order valence-corrected chi connectivity index (χ3v) is 5.00. The van der Waals surface area contributed by atoms with E-state index < -0.39 is 0 Å². The number of likely N-dealkylation sites (N-methyl/N-ethyl adjacent to an activating group) is 1. The largest absolute Gasteiger partial charge is 0.382 e. The van der Waals surface area contributed by atoms with Crippen LogP contribution in [-0.4, -0.2) is 44.2 Å². The summed E-state index contributed by atoms with van der Waals surface area (Å²) in [5.41, 5.74) is 4.06. The van der Waals surface area contributed by atoms with E-state index in [-0.39, 0.29) is 0 Å². The van der Waals surface area contributed by atoms with Crippen molar-refractivity contribution < 1.29 is 0 Å². The molecule has 1 aliphatic heterocycles. The molecule has 0 bridgehead atoms. The van der Waals surface area contributed by atoms with E-state index in [1.807, 2.05) is 0 Å². The smallest absolute Gasteiger partial charge is 0.0390 e. The van der Waals surface area contributed by atoms with Gasteiger partial charge in [-0.2, -0.15) is 0 Å². The van der Waals surface area contributed by atoms with Gasteiger partial charge in [-0.25, -0.2) is 0 Å². The molecule has 3 heteroatoms. The molecular weight excluding hydrogens is 258 g/mol.